The molecule has 0 fully saturated rings. The topological polar surface area (TPSA) is 54.5 Å². The molecule has 7 heteroatoms. The van der Waals surface area contributed by atoms with Crippen LogP contribution in [0, 0.1) is 5.82 Å². The van der Waals surface area contributed by atoms with Gasteiger partial charge in [-0.3, -0.25) is 14.4 Å². The quantitative estimate of drug-likeness (QED) is 0.187. The lowest BCUT2D eigenvalue weighted by Crippen LogP contribution is -2.37. The van der Waals surface area contributed by atoms with Gasteiger partial charge in [-0.25, -0.2) is 9.29 Å². The summed E-state index contributed by atoms with van der Waals surface area (Å²) in [6.45, 7) is 6.14. The van der Waals surface area contributed by atoms with Gasteiger partial charge in [0, 0.05) is 28.6 Å². The summed E-state index contributed by atoms with van der Waals surface area (Å²) in [5.41, 5.74) is -0.0601. The molecule has 0 aliphatic rings. The van der Waals surface area contributed by atoms with Gasteiger partial charge < -0.3 is 0 Å². The molecule has 0 aliphatic carbocycles. The predicted octanol–water partition coefficient (Wildman–Crippen LogP) is 7.81. The second-order valence-electron chi connectivity index (χ2n) is 7.70. The number of rotatable bonds is 14. The van der Waals surface area contributed by atoms with Crippen molar-refractivity contribution in [1.29, 1.82) is 0 Å². The van der Waals surface area contributed by atoms with Crippen LogP contribution in [0.5, 0.6) is 0 Å². The lowest BCUT2D eigenvalue weighted by Gasteiger charge is -2.23. The molecule has 31 heavy (non-hydrogen) atoms. The molecule has 2 amide bonds. The molecule has 0 saturated heterocycles. The molecule has 1 aromatic carbocycles. The van der Waals surface area contributed by atoms with Crippen LogP contribution in [-0.2, 0) is 14.4 Å². The summed E-state index contributed by atoms with van der Waals surface area (Å²) in [5, 5.41) is -0.0122. The number of imide groups is 1. The Bertz CT molecular complexity index is 720. The number of anilines is 1. The number of unbranched alkanes of at least 4 members (excludes halogenated alkanes) is 6. The Kier molecular flexibility index (Phi) is 14.0. The standard InChI is InChI=1S/C24H35BrFNO3S/c1-4-7-10-13-22(28)27(23(29)14-11-8-5-2)20-17-21(18(25)16-19(20)26)31-24(30)15-12-9-6-3/h16-17H,4-15H2,1-3H3. The molecule has 174 valence electrons. The highest BCUT2D eigenvalue weighted by Gasteiger charge is 2.27. The van der Waals surface area contributed by atoms with Crippen molar-refractivity contribution >= 4 is 50.3 Å². The van der Waals surface area contributed by atoms with Crippen LogP contribution in [-0.4, -0.2) is 16.9 Å². The zero-order valence-corrected chi connectivity index (χ0v) is 21.4. The molecular formula is C24H35BrFNO3S. The van der Waals surface area contributed by atoms with E-state index in [0.717, 1.165) is 61.6 Å². The summed E-state index contributed by atoms with van der Waals surface area (Å²) in [6, 6.07) is 2.69. The SMILES string of the molecule is CCCCCC(=O)Sc1cc(N(C(=O)CCCCC)C(=O)CCCCC)c(F)cc1Br. The number of hydrogen-bond donors (Lipinski definition) is 0. The monoisotopic (exact) mass is 515 g/mol. The number of amides is 2. The fourth-order valence-electron chi connectivity index (χ4n) is 3.14. The third kappa shape index (κ3) is 9.85. The minimum Gasteiger partial charge on any atom is -0.287 e. The number of thioether (sulfide) groups is 1. The summed E-state index contributed by atoms with van der Waals surface area (Å²) in [5.74, 6) is -1.43. The molecule has 0 heterocycles. The second-order valence-corrected chi connectivity index (χ2v) is 9.66. The van der Waals surface area contributed by atoms with Crippen molar-refractivity contribution in [2.24, 2.45) is 0 Å². The van der Waals surface area contributed by atoms with Crippen LogP contribution in [0.25, 0.3) is 0 Å². The van der Waals surface area contributed by atoms with Crippen LogP contribution in [0.4, 0.5) is 10.1 Å². The first-order chi connectivity index (χ1) is 14.8. The highest BCUT2D eigenvalue weighted by atomic mass is 79.9. The van der Waals surface area contributed by atoms with Crippen LogP contribution < -0.4 is 4.90 Å². The number of benzene rings is 1. The first-order valence-electron chi connectivity index (χ1n) is 11.4. The van der Waals surface area contributed by atoms with Crippen LogP contribution >= 0.6 is 27.7 Å². The Morgan fingerprint density at radius 1 is 0.839 bits per heavy atom. The van der Waals surface area contributed by atoms with Crippen LogP contribution in [0.2, 0.25) is 0 Å². The van der Waals surface area contributed by atoms with Crippen LogP contribution in [0.15, 0.2) is 21.5 Å². The zero-order valence-electron chi connectivity index (χ0n) is 19.0. The highest BCUT2D eigenvalue weighted by Crippen LogP contribution is 2.35. The van der Waals surface area contributed by atoms with Crippen LogP contribution in [0.1, 0.15) is 97.8 Å². The van der Waals surface area contributed by atoms with Crippen molar-refractivity contribution < 1.29 is 18.8 Å². The molecule has 0 radical (unpaired) electrons. The van der Waals surface area contributed by atoms with Gasteiger partial charge in [-0.15, -0.1) is 0 Å². The first-order valence-corrected chi connectivity index (χ1v) is 13.0. The molecular weight excluding hydrogens is 481 g/mol. The van der Waals surface area contributed by atoms with Gasteiger partial charge in [0.05, 0.1) is 5.69 Å². The Morgan fingerprint density at radius 3 is 1.81 bits per heavy atom. The van der Waals surface area contributed by atoms with Gasteiger partial charge in [-0.05, 0) is 47.3 Å². The van der Waals surface area contributed by atoms with E-state index in [1.54, 1.807) is 0 Å². The number of carbonyl (C=O) groups excluding carboxylic acids is 3. The Morgan fingerprint density at radius 2 is 1.32 bits per heavy atom. The van der Waals surface area contributed by atoms with Gasteiger partial charge in [-0.2, -0.15) is 0 Å². The van der Waals surface area contributed by atoms with Crippen molar-refractivity contribution in [3.63, 3.8) is 0 Å². The van der Waals surface area contributed by atoms with Crippen molar-refractivity contribution in [3.05, 3.63) is 22.4 Å². The second kappa shape index (κ2) is 15.6. The van der Waals surface area contributed by atoms with Gasteiger partial charge in [0.1, 0.15) is 5.82 Å². The lowest BCUT2D eigenvalue weighted by molar-refractivity contribution is -0.126. The number of hydrogen-bond acceptors (Lipinski definition) is 4. The van der Waals surface area contributed by atoms with Gasteiger partial charge >= 0.3 is 0 Å². The highest BCUT2D eigenvalue weighted by molar-refractivity contribution is 9.10. The van der Waals surface area contributed by atoms with E-state index in [4.69, 9.17) is 0 Å². The normalized spacial score (nSPS) is 10.9. The fraction of sp³-hybridized carbons (Fsp3) is 0.625. The molecule has 0 bridgehead atoms. The van der Waals surface area contributed by atoms with E-state index in [-0.39, 0.29) is 35.5 Å². The van der Waals surface area contributed by atoms with Crippen molar-refractivity contribution in [2.75, 3.05) is 4.90 Å². The molecule has 0 saturated carbocycles. The lowest BCUT2D eigenvalue weighted by atomic mass is 10.1. The van der Waals surface area contributed by atoms with E-state index in [2.05, 4.69) is 22.9 Å². The van der Waals surface area contributed by atoms with Gasteiger partial charge in [0.25, 0.3) is 0 Å². The third-order valence-electron chi connectivity index (χ3n) is 4.94. The number of carbonyl (C=O) groups is 3. The summed E-state index contributed by atoms with van der Waals surface area (Å²) in [4.78, 5) is 39.6. The molecule has 0 atom stereocenters. The number of halogens is 2. The molecule has 0 aliphatic heterocycles. The van der Waals surface area contributed by atoms with E-state index in [9.17, 15) is 18.8 Å². The van der Waals surface area contributed by atoms with E-state index in [0.29, 0.717) is 28.6 Å². The van der Waals surface area contributed by atoms with Crippen molar-refractivity contribution in [1.82, 2.24) is 0 Å². The molecule has 0 N–H and O–H groups in total. The summed E-state index contributed by atoms with van der Waals surface area (Å²) >= 11 is 4.34. The van der Waals surface area contributed by atoms with E-state index in [1.165, 1.54) is 12.1 Å². The summed E-state index contributed by atoms with van der Waals surface area (Å²) < 4.78 is 15.3. The van der Waals surface area contributed by atoms with Crippen molar-refractivity contribution in [2.45, 2.75) is 103 Å². The Balaban J connectivity index is 3.15. The third-order valence-corrected chi connectivity index (χ3v) is 6.85. The average molecular weight is 517 g/mol. The zero-order chi connectivity index (χ0) is 23.2. The predicted molar refractivity (Wildman–Crippen MR) is 130 cm³/mol. The number of nitrogens with zero attached hydrogens (tertiary/aromatic N) is 1. The maximum atomic E-state index is 14.9. The molecule has 1 rings (SSSR count). The smallest absolute Gasteiger partial charge is 0.233 e. The fourth-order valence-corrected chi connectivity index (χ4v) is 4.52. The van der Waals surface area contributed by atoms with Crippen molar-refractivity contribution in [3.8, 4) is 0 Å². The minimum absolute atomic E-state index is 0.0122. The first kappa shape index (κ1) is 27.8. The van der Waals surface area contributed by atoms with Gasteiger partial charge in [0.15, 0.2) is 5.12 Å². The molecule has 0 unspecified atom stereocenters. The Labute approximate surface area is 198 Å². The average Bonchev–Trinajstić information content (AvgIpc) is 2.72. The minimum atomic E-state index is -0.651. The van der Waals surface area contributed by atoms with Crippen LogP contribution in [0.3, 0.4) is 0 Å². The van der Waals surface area contributed by atoms with Gasteiger partial charge in [0.2, 0.25) is 11.8 Å². The largest absolute Gasteiger partial charge is 0.287 e. The summed E-state index contributed by atoms with van der Waals surface area (Å²) in [6.07, 6.45) is 8.61. The molecule has 1 aromatic rings. The molecule has 0 spiro atoms. The summed E-state index contributed by atoms with van der Waals surface area (Å²) in [7, 11) is 0. The van der Waals surface area contributed by atoms with Gasteiger partial charge in [-0.1, -0.05) is 71.1 Å². The van der Waals surface area contributed by atoms with E-state index >= 15 is 0 Å². The molecule has 4 nitrogen and oxygen atoms in total. The molecule has 0 aromatic heterocycles. The maximum Gasteiger partial charge on any atom is 0.233 e. The maximum absolute atomic E-state index is 14.9. The Hall–Kier alpha value is -1.21. The van der Waals surface area contributed by atoms with E-state index in [1.807, 2.05) is 13.8 Å². The van der Waals surface area contributed by atoms with E-state index < -0.39 is 5.82 Å².